The van der Waals surface area contributed by atoms with E-state index in [9.17, 15) is 5.11 Å². The van der Waals surface area contributed by atoms with Crippen molar-refractivity contribution in [2.75, 3.05) is 0 Å². The Morgan fingerprint density at radius 3 is 2.33 bits per heavy atom. The van der Waals surface area contributed by atoms with Crippen LogP contribution < -0.4 is 0 Å². The van der Waals surface area contributed by atoms with Crippen molar-refractivity contribution in [2.45, 2.75) is 13.8 Å². The van der Waals surface area contributed by atoms with Gasteiger partial charge in [0.05, 0.1) is 11.9 Å². The normalized spacial score (nSPS) is 10.3. The maximum absolute atomic E-state index is 9.21. The topological polar surface area (TPSA) is 46.0 Å². The molecule has 1 aromatic carbocycles. The van der Waals surface area contributed by atoms with Crippen LogP contribution in [0.15, 0.2) is 30.5 Å². The molecule has 0 unspecified atom stereocenters. The molecule has 0 saturated heterocycles. The molecule has 0 spiro atoms. The molecule has 0 aliphatic rings. The Morgan fingerprint density at radius 1 is 1.07 bits per heavy atom. The molecule has 2 rings (SSSR count). The summed E-state index contributed by atoms with van der Waals surface area (Å²) in [4.78, 5) is 0. The van der Waals surface area contributed by atoms with Gasteiger partial charge in [0.2, 0.25) is 0 Å². The third-order valence-electron chi connectivity index (χ3n) is 2.37. The van der Waals surface area contributed by atoms with Crippen molar-refractivity contribution >= 4 is 0 Å². The van der Waals surface area contributed by atoms with E-state index in [0.717, 1.165) is 22.4 Å². The molecule has 15 heavy (non-hydrogen) atoms. The minimum absolute atomic E-state index is 0.274. The molecule has 1 N–H and O–H groups in total. The van der Waals surface area contributed by atoms with E-state index in [4.69, 9.17) is 0 Å². The van der Waals surface area contributed by atoms with Gasteiger partial charge in [0.25, 0.3) is 0 Å². The third kappa shape index (κ3) is 1.81. The van der Waals surface area contributed by atoms with Crippen molar-refractivity contribution in [3.8, 4) is 16.9 Å². The number of aromatic hydroxyl groups is 1. The van der Waals surface area contributed by atoms with Gasteiger partial charge < -0.3 is 5.11 Å². The van der Waals surface area contributed by atoms with Crippen molar-refractivity contribution in [1.29, 1.82) is 0 Å². The molecule has 2 aromatic rings. The van der Waals surface area contributed by atoms with Gasteiger partial charge in [-0.2, -0.15) is 10.2 Å². The van der Waals surface area contributed by atoms with Crippen LogP contribution in [0.3, 0.4) is 0 Å². The van der Waals surface area contributed by atoms with Gasteiger partial charge in [0.15, 0.2) is 0 Å². The molecule has 0 amide bonds. The van der Waals surface area contributed by atoms with Crippen LogP contribution in [0.2, 0.25) is 0 Å². The molecule has 76 valence electrons. The molecule has 0 fully saturated rings. The maximum atomic E-state index is 9.21. The van der Waals surface area contributed by atoms with Gasteiger partial charge in [-0.05, 0) is 37.1 Å². The van der Waals surface area contributed by atoms with Gasteiger partial charge in [-0.15, -0.1) is 0 Å². The fourth-order valence-electron chi connectivity index (χ4n) is 1.67. The predicted octanol–water partition coefficient (Wildman–Crippen LogP) is 2.47. The summed E-state index contributed by atoms with van der Waals surface area (Å²) < 4.78 is 0. The molecule has 1 aromatic heterocycles. The van der Waals surface area contributed by atoms with Crippen LogP contribution in [-0.2, 0) is 0 Å². The first-order valence-electron chi connectivity index (χ1n) is 4.77. The number of hydrogen-bond acceptors (Lipinski definition) is 3. The fourth-order valence-corrected chi connectivity index (χ4v) is 1.67. The number of nitrogens with zero attached hydrogens (tertiary/aromatic N) is 2. The molecule has 3 heteroatoms. The fraction of sp³-hybridized carbons (Fsp3) is 0.167. The molecule has 0 bridgehead atoms. The molecule has 0 aliphatic carbocycles. The Kier molecular flexibility index (Phi) is 2.37. The Labute approximate surface area is 88.4 Å². The van der Waals surface area contributed by atoms with E-state index in [1.165, 1.54) is 0 Å². The van der Waals surface area contributed by atoms with Crippen molar-refractivity contribution in [1.82, 2.24) is 10.2 Å². The number of benzene rings is 1. The lowest BCUT2D eigenvalue weighted by atomic mass is 10.0. The van der Waals surface area contributed by atoms with Gasteiger partial charge in [0, 0.05) is 5.56 Å². The zero-order valence-corrected chi connectivity index (χ0v) is 8.73. The highest BCUT2D eigenvalue weighted by Gasteiger charge is 2.06. The quantitative estimate of drug-likeness (QED) is 0.769. The van der Waals surface area contributed by atoms with E-state index < -0.39 is 0 Å². The molecule has 0 saturated carbocycles. The van der Waals surface area contributed by atoms with Crippen molar-refractivity contribution in [3.63, 3.8) is 0 Å². The first-order chi connectivity index (χ1) is 7.18. The van der Waals surface area contributed by atoms with Crippen molar-refractivity contribution in [2.24, 2.45) is 0 Å². The summed E-state index contributed by atoms with van der Waals surface area (Å²) in [7, 11) is 0. The van der Waals surface area contributed by atoms with Gasteiger partial charge in [-0.1, -0.05) is 12.1 Å². The highest BCUT2D eigenvalue weighted by Crippen LogP contribution is 2.26. The van der Waals surface area contributed by atoms with Crippen LogP contribution in [0.5, 0.6) is 5.75 Å². The average Bonchev–Trinajstić information content (AvgIpc) is 2.20. The summed E-state index contributed by atoms with van der Waals surface area (Å²) in [5.41, 5.74) is 4.14. The van der Waals surface area contributed by atoms with Crippen LogP contribution in [-0.4, -0.2) is 15.3 Å². The minimum atomic E-state index is 0.274. The second-order valence-electron chi connectivity index (χ2n) is 3.53. The van der Waals surface area contributed by atoms with Gasteiger partial charge in [0.1, 0.15) is 5.75 Å². The number of aromatic nitrogens is 2. The lowest BCUT2D eigenvalue weighted by molar-refractivity contribution is 0.475. The summed E-state index contributed by atoms with van der Waals surface area (Å²) in [6.07, 6.45) is 1.75. The average molecular weight is 200 g/mol. The van der Waals surface area contributed by atoms with E-state index in [1.807, 2.05) is 26.0 Å². The number of rotatable bonds is 1. The monoisotopic (exact) mass is 200 g/mol. The highest BCUT2D eigenvalue weighted by molar-refractivity contribution is 5.69. The smallest absolute Gasteiger partial charge is 0.115 e. The van der Waals surface area contributed by atoms with Gasteiger partial charge in [-0.3, -0.25) is 0 Å². The minimum Gasteiger partial charge on any atom is -0.508 e. The van der Waals surface area contributed by atoms with E-state index in [0.29, 0.717) is 0 Å². The van der Waals surface area contributed by atoms with E-state index in [2.05, 4.69) is 10.2 Å². The summed E-state index contributed by atoms with van der Waals surface area (Å²) in [6.45, 7) is 3.94. The number of hydrogen-bond donors (Lipinski definition) is 1. The first kappa shape index (κ1) is 9.65. The van der Waals surface area contributed by atoms with Gasteiger partial charge >= 0.3 is 0 Å². The van der Waals surface area contributed by atoms with E-state index in [1.54, 1.807) is 18.3 Å². The Morgan fingerprint density at radius 2 is 1.73 bits per heavy atom. The van der Waals surface area contributed by atoms with Crippen LogP contribution in [0.25, 0.3) is 11.1 Å². The molecule has 1 heterocycles. The number of aryl methyl sites for hydroxylation is 2. The summed E-state index contributed by atoms with van der Waals surface area (Å²) in [5.74, 6) is 0.274. The third-order valence-corrected chi connectivity index (χ3v) is 2.37. The Bertz CT molecular complexity index is 457. The Balaban J connectivity index is 2.58. The van der Waals surface area contributed by atoms with E-state index in [-0.39, 0.29) is 5.75 Å². The number of phenolic OH excluding ortho intramolecular Hbond substituents is 1. The predicted molar refractivity (Wildman–Crippen MR) is 58.6 cm³/mol. The van der Waals surface area contributed by atoms with Crippen molar-refractivity contribution < 1.29 is 5.11 Å². The molecule has 0 atom stereocenters. The second kappa shape index (κ2) is 3.69. The zero-order chi connectivity index (χ0) is 10.8. The summed E-state index contributed by atoms with van der Waals surface area (Å²) >= 11 is 0. The summed E-state index contributed by atoms with van der Waals surface area (Å²) in [5, 5.41) is 17.1. The molecular formula is C12H12N2O. The van der Waals surface area contributed by atoms with Crippen LogP contribution in [0.1, 0.15) is 11.3 Å². The lowest BCUT2D eigenvalue weighted by Crippen LogP contribution is -1.93. The molecular weight excluding hydrogens is 188 g/mol. The Hall–Kier alpha value is -1.90. The number of phenols is 1. The SMILES string of the molecule is Cc1cnnc(C)c1-c1ccc(O)cc1. The molecule has 0 aliphatic heterocycles. The van der Waals surface area contributed by atoms with Crippen LogP contribution in [0, 0.1) is 13.8 Å². The standard InChI is InChI=1S/C12H12N2O/c1-8-7-13-14-9(2)12(8)10-3-5-11(15)6-4-10/h3-7,15H,1-2H3. The largest absolute Gasteiger partial charge is 0.508 e. The van der Waals surface area contributed by atoms with Crippen LogP contribution in [0.4, 0.5) is 0 Å². The van der Waals surface area contributed by atoms with Crippen LogP contribution >= 0.6 is 0 Å². The molecule has 0 radical (unpaired) electrons. The maximum Gasteiger partial charge on any atom is 0.115 e. The van der Waals surface area contributed by atoms with Gasteiger partial charge in [-0.25, -0.2) is 0 Å². The molecule has 3 nitrogen and oxygen atoms in total. The highest BCUT2D eigenvalue weighted by atomic mass is 16.3. The first-order valence-corrected chi connectivity index (χ1v) is 4.77. The lowest BCUT2D eigenvalue weighted by Gasteiger charge is -2.07. The van der Waals surface area contributed by atoms with E-state index >= 15 is 0 Å². The van der Waals surface area contributed by atoms with Crippen molar-refractivity contribution in [3.05, 3.63) is 41.7 Å². The zero-order valence-electron chi connectivity index (χ0n) is 8.73. The second-order valence-corrected chi connectivity index (χ2v) is 3.53. The summed E-state index contributed by atoms with van der Waals surface area (Å²) in [6, 6.07) is 7.11.